The molecule has 2 unspecified atom stereocenters. The maximum atomic E-state index is 13.0. The van der Waals surface area contributed by atoms with E-state index < -0.39 is 10.0 Å². The number of fused-ring (bicyclic) bond motifs is 2. The van der Waals surface area contributed by atoms with Crippen molar-refractivity contribution in [3.8, 4) is 11.1 Å². The molecule has 0 amide bonds. The topological polar surface area (TPSA) is 97.2 Å². The van der Waals surface area contributed by atoms with Gasteiger partial charge >= 0.3 is 0 Å². The Morgan fingerprint density at radius 3 is 2.58 bits per heavy atom. The highest BCUT2D eigenvalue weighted by atomic mass is 35.5. The van der Waals surface area contributed by atoms with Crippen LogP contribution >= 0.6 is 11.6 Å². The Labute approximate surface area is 184 Å². The third-order valence-corrected chi connectivity index (χ3v) is 8.47. The Bertz CT molecular complexity index is 1340. The Balaban J connectivity index is 1.40. The molecule has 1 aliphatic heterocycles. The van der Waals surface area contributed by atoms with E-state index in [0.29, 0.717) is 40.8 Å². The number of aryl methyl sites for hydroxylation is 1. The average molecular weight is 460 g/mol. The van der Waals surface area contributed by atoms with Crippen molar-refractivity contribution in [3.63, 3.8) is 0 Å². The van der Waals surface area contributed by atoms with E-state index in [4.69, 9.17) is 11.6 Å². The van der Waals surface area contributed by atoms with Crippen molar-refractivity contribution in [3.05, 3.63) is 51.9 Å². The fourth-order valence-corrected chi connectivity index (χ4v) is 5.85. The normalized spacial score (nSPS) is 23.1. The molecule has 1 N–H and O–H groups in total. The molecule has 162 valence electrons. The van der Waals surface area contributed by atoms with Crippen LogP contribution in [0.25, 0.3) is 22.2 Å². The first-order valence-electron chi connectivity index (χ1n) is 10.2. The lowest BCUT2D eigenvalue weighted by Crippen LogP contribution is -2.34. The Morgan fingerprint density at radius 1 is 1.19 bits per heavy atom. The van der Waals surface area contributed by atoms with E-state index in [9.17, 15) is 13.2 Å². The van der Waals surface area contributed by atoms with Gasteiger partial charge < -0.3 is 5.32 Å². The number of anilines is 1. The predicted molar refractivity (Wildman–Crippen MR) is 121 cm³/mol. The van der Waals surface area contributed by atoms with Gasteiger partial charge in [0.15, 0.2) is 0 Å². The molecule has 2 atom stereocenters. The van der Waals surface area contributed by atoms with Gasteiger partial charge in [-0.3, -0.25) is 9.36 Å². The first kappa shape index (κ1) is 20.4. The van der Waals surface area contributed by atoms with Gasteiger partial charge in [0.25, 0.3) is 5.56 Å². The highest BCUT2D eigenvalue weighted by Crippen LogP contribution is 2.47. The van der Waals surface area contributed by atoms with E-state index in [1.165, 1.54) is 4.57 Å². The van der Waals surface area contributed by atoms with Crippen molar-refractivity contribution < 1.29 is 8.42 Å². The number of hydrogen-bond donors (Lipinski definition) is 1. The average Bonchev–Trinajstić information content (AvgIpc) is 3.18. The maximum Gasteiger partial charge on any atom is 0.259 e. The van der Waals surface area contributed by atoms with Crippen LogP contribution in [0, 0.1) is 11.8 Å². The van der Waals surface area contributed by atoms with Crippen LogP contribution in [0.4, 0.5) is 5.95 Å². The third kappa shape index (κ3) is 3.40. The van der Waals surface area contributed by atoms with Crippen molar-refractivity contribution in [2.24, 2.45) is 18.9 Å². The molecule has 1 aromatic carbocycles. The molecule has 5 rings (SSSR count). The summed E-state index contributed by atoms with van der Waals surface area (Å²) in [4.78, 5) is 21.9. The summed E-state index contributed by atoms with van der Waals surface area (Å²) in [5.41, 5.74) is 1.51. The summed E-state index contributed by atoms with van der Waals surface area (Å²) in [6, 6.07) is 9.15. The number of rotatable bonds is 5. The van der Waals surface area contributed by atoms with Gasteiger partial charge in [0.1, 0.15) is 5.65 Å². The quantitative estimate of drug-likeness (QED) is 0.629. The lowest BCUT2D eigenvalue weighted by atomic mass is 10.1. The van der Waals surface area contributed by atoms with E-state index in [0.717, 1.165) is 5.39 Å². The van der Waals surface area contributed by atoms with Crippen LogP contribution in [0.5, 0.6) is 0 Å². The minimum absolute atomic E-state index is 0.128. The van der Waals surface area contributed by atoms with Crippen LogP contribution in [0.15, 0.2) is 41.3 Å². The largest absolute Gasteiger partial charge is 0.351 e. The van der Waals surface area contributed by atoms with Gasteiger partial charge in [-0.1, -0.05) is 29.8 Å². The zero-order chi connectivity index (χ0) is 21.9. The van der Waals surface area contributed by atoms with Gasteiger partial charge in [-0.05, 0) is 30.9 Å². The highest BCUT2D eigenvalue weighted by molar-refractivity contribution is 7.89. The Morgan fingerprint density at radius 2 is 1.90 bits per heavy atom. The van der Waals surface area contributed by atoms with Crippen molar-refractivity contribution in [2.75, 3.05) is 24.2 Å². The molecular weight excluding hydrogens is 438 g/mol. The van der Waals surface area contributed by atoms with E-state index >= 15 is 0 Å². The number of nitrogens with one attached hydrogen (secondary N) is 1. The number of nitrogens with zero attached hydrogens (tertiary/aromatic N) is 4. The zero-order valence-corrected chi connectivity index (χ0v) is 18.7. The van der Waals surface area contributed by atoms with Crippen molar-refractivity contribution in [2.45, 2.75) is 13.0 Å². The molecule has 2 fully saturated rings. The van der Waals surface area contributed by atoms with E-state index in [2.05, 4.69) is 15.3 Å². The van der Waals surface area contributed by atoms with Crippen molar-refractivity contribution in [1.82, 2.24) is 18.8 Å². The van der Waals surface area contributed by atoms with E-state index in [1.54, 1.807) is 36.6 Å². The first-order valence-corrected chi connectivity index (χ1v) is 12.1. The number of benzene rings is 1. The van der Waals surface area contributed by atoms with Crippen LogP contribution in [0.1, 0.15) is 6.92 Å². The maximum absolute atomic E-state index is 13.0. The number of hydrogen-bond acceptors (Lipinski definition) is 6. The molecule has 1 aliphatic carbocycles. The second-order valence-electron chi connectivity index (χ2n) is 8.09. The summed E-state index contributed by atoms with van der Waals surface area (Å²) in [7, 11) is -1.46. The Hall–Kier alpha value is -2.49. The molecule has 0 spiro atoms. The number of piperidine rings is 1. The van der Waals surface area contributed by atoms with Gasteiger partial charge in [-0.25, -0.2) is 17.7 Å². The van der Waals surface area contributed by atoms with Crippen LogP contribution < -0.4 is 10.9 Å². The molecule has 3 aromatic rings. The molecule has 31 heavy (non-hydrogen) atoms. The summed E-state index contributed by atoms with van der Waals surface area (Å²) in [5.74, 6) is 1.11. The summed E-state index contributed by atoms with van der Waals surface area (Å²) < 4.78 is 27.2. The molecule has 0 bridgehead atoms. The molecule has 3 heterocycles. The second kappa shape index (κ2) is 7.29. The summed E-state index contributed by atoms with van der Waals surface area (Å²) in [6.45, 7) is 2.73. The fraction of sp³-hybridized carbons (Fsp3) is 0.381. The van der Waals surface area contributed by atoms with E-state index in [1.807, 2.05) is 18.2 Å². The van der Waals surface area contributed by atoms with Crippen molar-refractivity contribution >= 4 is 38.6 Å². The number of halogens is 1. The summed E-state index contributed by atoms with van der Waals surface area (Å²) in [6.07, 6.45) is 1.69. The molecule has 2 aromatic heterocycles. The summed E-state index contributed by atoms with van der Waals surface area (Å²) in [5, 5.41) is 4.57. The second-order valence-corrected chi connectivity index (χ2v) is 10.8. The minimum Gasteiger partial charge on any atom is -0.351 e. The molecule has 0 radical (unpaired) electrons. The zero-order valence-electron chi connectivity index (χ0n) is 17.1. The van der Waals surface area contributed by atoms with Crippen LogP contribution in [-0.4, -0.2) is 52.1 Å². The molecule has 1 saturated carbocycles. The number of sulfonamides is 1. The lowest BCUT2D eigenvalue weighted by molar-refractivity contribution is 0.437. The molecule has 8 nitrogen and oxygen atoms in total. The van der Waals surface area contributed by atoms with Crippen LogP contribution in [0.2, 0.25) is 5.02 Å². The van der Waals surface area contributed by atoms with Gasteiger partial charge in [0.05, 0.1) is 5.75 Å². The van der Waals surface area contributed by atoms with Gasteiger partial charge in [-0.15, -0.1) is 0 Å². The van der Waals surface area contributed by atoms with Gasteiger partial charge in [0, 0.05) is 53.9 Å². The molecule has 10 heteroatoms. The van der Waals surface area contributed by atoms with E-state index in [-0.39, 0.29) is 29.2 Å². The number of aromatic nitrogens is 3. The van der Waals surface area contributed by atoms with Gasteiger partial charge in [-0.2, -0.15) is 4.98 Å². The lowest BCUT2D eigenvalue weighted by Gasteiger charge is -2.19. The molecule has 2 aliphatic rings. The highest BCUT2D eigenvalue weighted by Gasteiger charge is 2.58. The van der Waals surface area contributed by atoms with Gasteiger partial charge in [0.2, 0.25) is 16.0 Å². The minimum atomic E-state index is -3.14. The van der Waals surface area contributed by atoms with Crippen LogP contribution in [0.3, 0.4) is 0 Å². The molecule has 1 saturated heterocycles. The third-order valence-electron chi connectivity index (χ3n) is 6.33. The number of pyridine rings is 1. The predicted octanol–water partition coefficient (Wildman–Crippen LogP) is 2.34. The first-order chi connectivity index (χ1) is 14.8. The molecular formula is C21H22ClN5O3S. The SMILES string of the molecule is CCS(=O)(=O)N1CC2C(C1)C2Nc1ncc2cc(-c3ccccc3Cl)c(=O)n(C)c2n1. The summed E-state index contributed by atoms with van der Waals surface area (Å²) >= 11 is 6.29. The monoisotopic (exact) mass is 459 g/mol. The Kier molecular flexibility index (Phi) is 4.80. The van der Waals surface area contributed by atoms with Crippen molar-refractivity contribution in [1.29, 1.82) is 0 Å². The standard InChI is InChI=1S/C21H22ClN5O3S/c1-3-31(29,30)27-10-15-16(11-27)18(15)24-21-23-9-12-8-14(13-6-4-5-7-17(13)22)20(28)26(2)19(12)25-21/h4-9,15-16,18H,3,10-11H2,1-2H3,(H,23,24,25). The van der Waals surface area contributed by atoms with Crippen LogP contribution in [-0.2, 0) is 17.1 Å². The fourth-order valence-electron chi connectivity index (χ4n) is 4.45. The smallest absolute Gasteiger partial charge is 0.259 e.